The molecule has 0 spiro atoms. The molecular formula is C18H16N2O2. The van der Waals surface area contributed by atoms with Crippen LogP contribution in [0.25, 0.3) is 22.2 Å². The molecule has 0 saturated heterocycles. The smallest absolute Gasteiger partial charge is 0.258 e. The summed E-state index contributed by atoms with van der Waals surface area (Å²) in [6, 6.07) is 14.9. The highest BCUT2D eigenvalue weighted by atomic mass is 16.6. The Morgan fingerprint density at radius 3 is 2.64 bits per heavy atom. The molecule has 0 aliphatic rings. The van der Waals surface area contributed by atoms with E-state index in [1.165, 1.54) is 11.6 Å². The van der Waals surface area contributed by atoms with Crippen molar-refractivity contribution >= 4 is 16.6 Å². The summed E-state index contributed by atoms with van der Waals surface area (Å²) in [6.07, 6.45) is 0.776. The summed E-state index contributed by atoms with van der Waals surface area (Å²) in [5.41, 5.74) is 4.42. The molecule has 0 aliphatic carbocycles. The normalized spacial score (nSPS) is 10.8. The number of benzene rings is 2. The first-order chi connectivity index (χ1) is 10.6. The Morgan fingerprint density at radius 1 is 1.14 bits per heavy atom. The molecule has 3 rings (SSSR count). The van der Waals surface area contributed by atoms with E-state index in [1.54, 1.807) is 12.1 Å². The standard InChI is InChI=1S/C18H16N2O2/c1-3-13-11-14-10-12(2)8-9-16(14)19-18(13)15-6-4-5-7-17(15)20(21)22/h4-11H,3H2,1-2H3. The molecule has 0 amide bonds. The number of para-hydroxylation sites is 1. The Hall–Kier alpha value is -2.75. The van der Waals surface area contributed by atoms with Gasteiger partial charge in [-0.1, -0.05) is 30.7 Å². The van der Waals surface area contributed by atoms with Crippen molar-refractivity contribution in [2.24, 2.45) is 0 Å². The molecule has 0 N–H and O–H groups in total. The van der Waals surface area contributed by atoms with Crippen LogP contribution < -0.4 is 0 Å². The van der Waals surface area contributed by atoms with Gasteiger partial charge in [0.05, 0.1) is 21.7 Å². The number of nitro groups is 1. The highest BCUT2D eigenvalue weighted by Crippen LogP contribution is 2.32. The highest BCUT2D eigenvalue weighted by Gasteiger charge is 2.18. The monoisotopic (exact) mass is 292 g/mol. The summed E-state index contributed by atoms with van der Waals surface area (Å²) >= 11 is 0. The van der Waals surface area contributed by atoms with Crippen LogP contribution >= 0.6 is 0 Å². The van der Waals surface area contributed by atoms with E-state index >= 15 is 0 Å². The van der Waals surface area contributed by atoms with Gasteiger partial charge in [0, 0.05) is 11.5 Å². The van der Waals surface area contributed by atoms with Gasteiger partial charge in [0.1, 0.15) is 0 Å². The van der Waals surface area contributed by atoms with Crippen LogP contribution in [0.15, 0.2) is 48.5 Å². The van der Waals surface area contributed by atoms with Gasteiger partial charge >= 0.3 is 0 Å². The van der Waals surface area contributed by atoms with Crippen LogP contribution in [0.2, 0.25) is 0 Å². The fourth-order valence-electron chi connectivity index (χ4n) is 2.68. The van der Waals surface area contributed by atoms with Gasteiger partial charge < -0.3 is 0 Å². The molecule has 0 atom stereocenters. The van der Waals surface area contributed by atoms with Crippen molar-refractivity contribution in [1.29, 1.82) is 0 Å². The zero-order valence-electron chi connectivity index (χ0n) is 12.5. The molecule has 4 heteroatoms. The van der Waals surface area contributed by atoms with Crippen LogP contribution in [0, 0.1) is 17.0 Å². The number of rotatable bonds is 3. The second-order valence-corrected chi connectivity index (χ2v) is 5.32. The third-order valence-corrected chi connectivity index (χ3v) is 3.79. The third-order valence-electron chi connectivity index (χ3n) is 3.79. The molecule has 4 nitrogen and oxygen atoms in total. The lowest BCUT2D eigenvalue weighted by atomic mass is 9.99. The fourth-order valence-corrected chi connectivity index (χ4v) is 2.68. The third kappa shape index (κ3) is 2.44. The molecule has 0 unspecified atom stereocenters. The Bertz CT molecular complexity index is 872. The molecule has 1 aromatic heterocycles. The van der Waals surface area contributed by atoms with Gasteiger partial charge in [-0.15, -0.1) is 0 Å². The minimum atomic E-state index is -0.351. The van der Waals surface area contributed by atoms with E-state index < -0.39 is 0 Å². The number of nitro benzene ring substituents is 1. The Balaban J connectivity index is 2.31. The van der Waals surface area contributed by atoms with Crippen molar-refractivity contribution in [2.75, 3.05) is 0 Å². The molecule has 0 saturated carbocycles. The number of aromatic nitrogens is 1. The number of hydrogen-bond acceptors (Lipinski definition) is 3. The molecule has 1 heterocycles. The second-order valence-electron chi connectivity index (χ2n) is 5.32. The maximum absolute atomic E-state index is 11.3. The van der Waals surface area contributed by atoms with Gasteiger partial charge in [0.25, 0.3) is 5.69 Å². The zero-order valence-corrected chi connectivity index (χ0v) is 12.5. The molecule has 2 aromatic carbocycles. The van der Waals surface area contributed by atoms with Crippen molar-refractivity contribution in [3.05, 3.63) is 69.8 Å². The van der Waals surface area contributed by atoms with Gasteiger partial charge in [0.15, 0.2) is 0 Å². The predicted octanol–water partition coefficient (Wildman–Crippen LogP) is 4.68. The Morgan fingerprint density at radius 2 is 1.91 bits per heavy atom. The van der Waals surface area contributed by atoms with Crippen LogP contribution in [0.3, 0.4) is 0 Å². The van der Waals surface area contributed by atoms with E-state index in [1.807, 2.05) is 32.0 Å². The molecule has 3 aromatic rings. The van der Waals surface area contributed by atoms with Crippen LogP contribution in [0.5, 0.6) is 0 Å². The quantitative estimate of drug-likeness (QED) is 0.520. The fraction of sp³-hybridized carbons (Fsp3) is 0.167. The van der Waals surface area contributed by atoms with Crippen LogP contribution in [0.1, 0.15) is 18.1 Å². The van der Waals surface area contributed by atoms with Crippen molar-refractivity contribution in [1.82, 2.24) is 4.98 Å². The summed E-state index contributed by atoms with van der Waals surface area (Å²) < 4.78 is 0. The van der Waals surface area contributed by atoms with Crippen molar-refractivity contribution in [2.45, 2.75) is 20.3 Å². The lowest BCUT2D eigenvalue weighted by Gasteiger charge is -2.10. The first-order valence-corrected chi connectivity index (χ1v) is 7.24. The summed E-state index contributed by atoms with van der Waals surface area (Å²) in [4.78, 5) is 15.6. The molecule has 0 aliphatic heterocycles. The average molecular weight is 292 g/mol. The molecule has 110 valence electrons. The van der Waals surface area contributed by atoms with E-state index in [2.05, 4.69) is 12.1 Å². The highest BCUT2D eigenvalue weighted by molar-refractivity contribution is 5.85. The Kier molecular flexibility index (Phi) is 3.59. The molecule has 0 bridgehead atoms. The maximum atomic E-state index is 11.3. The average Bonchev–Trinajstić information content (AvgIpc) is 2.53. The van der Waals surface area contributed by atoms with E-state index in [0.29, 0.717) is 11.3 Å². The topological polar surface area (TPSA) is 56.0 Å². The maximum Gasteiger partial charge on any atom is 0.278 e. The summed E-state index contributed by atoms with van der Waals surface area (Å²) in [6.45, 7) is 4.08. The number of hydrogen-bond donors (Lipinski definition) is 0. The van der Waals surface area contributed by atoms with E-state index in [0.717, 1.165) is 22.9 Å². The number of pyridine rings is 1. The van der Waals surface area contributed by atoms with Gasteiger partial charge in [-0.25, -0.2) is 4.98 Å². The van der Waals surface area contributed by atoms with Gasteiger partial charge in [-0.2, -0.15) is 0 Å². The summed E-state index contributed by atoms with van der Waals surface area (Å²) in [5, 5.41) is 12.3. The van der Waals surface area contributed by atoms with Crippen molar-refractivity contribution in [3.63, 3.8) is 0 Å². The minimum absolute atomic E-state index is 0.0937. The lowest BCUT2D eigenvalue weighted by molar-refractivity contribution is -0.384. The molecule has 0 fully saturated rings. The van der Waals surface area contributed by atoms with Crippen LogP contribution in [0.4, 0.5) is 5.69 Å². The van der Waals surface area contributed by atoms with Crippen molar-refractivity contribution < 1.29 is 4.92 Å². The van der Waals surface area contributed by atoms with Crippen molar-refractivity contribution in [3.8, 4) is 11.3 Å². The van der Waals surface area contributed by atoms with Gasteiger partial charge in [-0.05, 0) is 43.2 Å². The second kappa shape index (κ2) is 5.56. The number of fused-ring (bicyclic) bond motifs is 1. The zero-order chi connectivity index (χ0) is 15.7. The number of nitrogens with zero attached hydrogens (tertiary/aromatic N) is 2. The van der Waals surface area contributed by atoms with Crippen LogP contribution in [-0.2, 0) is 6.42 Å². The molecular weight excluding hydrogens is 276 g/mol. The minimum Gasteiger partial charge on any atom is -0.258 e. The van der Waals surface area contributed by atoms with Crippen LogP contribution in [-0.4, -0.2) is 9.91 Å². The lowest BCUT2D eigenvalue weighted by Crippen LogP contribution is -1.97. The summed E-state index contributed by atoms with van der Waals surface area (Å²) in [5.74, 6) is 0. The van der Waals surface area contributed by atoms with Gasteiger partial charge in [0.2, 0.25) is 0 Å². The number of aryl methyl sites for hydroxylation is 2. The van der Waals surface area contributed by atoms with Gasteiger partial charge in [-0.3, -0.25) is 10.1 Å². The van der Waals surface area contributed by atoms with E-state index in [9.17, 15) is 10.1 Å². The SMILES string of the molecule is CCc1cc2cc(C)ccc2nc1-c1ccccc1[N+](=O)[O-]. The first-order valence-electron chi connectivity index (χ1n) is 7.24. The Labute approximate surface area is 128 Å². The molecule has 22 heavy (non-hydrogen) atoms. The summed E-state index contributed by atoms with van der Waals surface area (Å²) in [7, 11) is 0. The largest absolute Gasteiger partial charge is 0.278 e. The predicted molar refractivity (Wildman–Crippen MR) is 87.9 cm³/mol. The van der Waals surface area contributed by atoms with E-state index in [4.69, 9.17) is 4.98 Å². The first kappa shape index (κ1) is 14.2. The van der Waals surface area contributed by atoms with E-state index in [-0.39, 0.29) is 10.6 Å². The molecule has 0 radical (unpaired) electrons.